The molecule has 1 fully saturated rings. The van der Waals surface area contributed by atoms with Gasteiger partial charge in [0.05, 0.1) is 6.26 Å². The highest BCUT2D eigenvalue weighted by molar-refractivity contribution is 7.88. The summed E-state index contributed by atoms with van der Waals surface area (Å²) < 4.78 is 26.9. The number of nitrogens with one attached hydrogen (secondary N) is 1. The third-order valence-electron chi connectivity index (χ3n) is 5.00. The van der Waals surface area contributed by atoms with Crippen LogP contribution in [-0.2, 0) is 23.6 Å². The predicted octanol–water partition coefficient (Wildman–Crippen LogP) is 1.35. The fourth-order valence-corrected chi connectivity index (χ4v) is 4.17. The van der Waals surface area contributed by atoms with E-state index in [1.807, 2.05) is 24.6 Å². The van der Waals surface area contributed by atoms with Gasteiger partial charge in [-0.2, -0.15) is 5.26 Å². The van der Waals surface area contributed by atoms with Gasteiger partial charge in [0.1, 0.15) is 11.8 Å². The van der Waals surface area contributed by atoms with Crippen molar-refractivity contribution in [3.63, 3.8) is 0 Å². The van der Waals surface area contributed by atoms with Crippen molar-refractivity contribution in [2.24, 2.45) is 13.0 Å². The van der Waals surface area contributed by atoms with Crippen LogP contribution in [0.2, 0.25) is 0 Å². The first-order chi connectivity index (χ1) is 10.8. The molecular formula is C16H26N4O2S. The molecule has 0 amide bonds. The monoisotopic (exact) mass is 338 g/mol. The largest absolute Gasteiger partial charge is 0.340 e. The minimum absolute atomic E-state index is 0.308. The summed E-state index contributed by atoms with van der Waals surface area (Å²) in [7, 11) is -1.21. The van der Waals surface area contributed by atoms with Crippen molar-refractivity contribution in [2.75, 3.05) is 19.3 Å². The number of piperidine rings is 1. The molecule has 1 aliphatic heterocycles. The summed E-state index contributed by atoms with van der Waals surface area (Å²) >= 11 is 0. The van der Waals surface area contributed by atoms with Gasteiger partial charge >= 0.3 is 0 Å². The second-order valence-electron chi connectivity index (χ2n) is 6.38. The van der Waals surface area contributed by atoms with E-state index in [1.54, 1.807) is 4.31 Å². The molecule has 2 rings (SSSR count). The zero-order valence-electron chi connectivity index (χ0n) is 14.3. The standard InChI is InChI=1S/C16H26N4O2S/c1-5-13-11-20(23(4,21)22)7-6-16(13)18-10-14-8-15(9-17)19(3)12(14)2/h8,13,16,18H,5-7,10-11H2,1-4H3/t13-,16+/m1/s1. The van der Waals surface area contributed by atoms with E-state index in [1.165, 1.54) is 6.26 Å². The van der Waals surface area contributed by atoms with E-state index in [0.717, 1.165) is 24.1 Å². The lowest BCUT2D eigenvalue weighted by atomic mass is 9.91. The number of nitrogens with zero attached hydrogens (tertiary/aromatic N) is 3. The summed E-state index contributed by atoms with van der Waals surface area (Å²) in [5.74, 6) is 0.318. The number of sulfonamides is 1. The average molecular weight is 338 g/mol. The first-order valence-electron chi connectivity index (χ1n) is 8.01. The maximum atomic E-state index is 11.7. The number of nitriles is 1. The molecule has 23 heavy (non-hydrogen) atoms. The molecule has 0 saturated carbocycles. The van der Waals surface area contributed by atoms with Crippen LogP contribution in [0.25, 0.3) is 0 Å². The fourth-order valence-electron chi connectivity index (χ4n) is 3.27. The third kappa shape index (κ3) is 3.94. The van der Waals surface area contributed by atoms with E-state index in [-0.39, 0.29) is 0 Å². The van der Waals surface area contributed by atoms with Gasteiger partial charge in [-0.05, 0) is 30.9 Å². The van der Waals surface area contributed by atoms with Gasteiger partial charge in [-0.15, -0.1) is 0 Å². The lowest BCUT2D eigenvalue weighted by molar-refractivity contribution is 0.201. The van der Waals surface area contributed by atoms with Crippen LogP contribution in [0.3, 0.4) is 0 Å². The molecule has 0 radical (unpaired) electrons. The molecule has 2 atom stereocenters. The molecule has 0 aromatic carbocycles. The molecule has 0 spiro atoms. The Morgan fingerprint density at radius 1 is 1.48 bits per heavy atom. The van der Waals surface area contributed by atoms with Crippen LogP contribution >= 0.6 is 0 Å². The molecule has 1 aromatic heterocycles. The van der Waals surface area contributed by atoms with E-state index in [0.29, 0.717) is 37.3 Å². The number of hydrogen-bond donors (Lipinski definition) is 1. The molecule has 1 saturated heterocycles. The molecule has 128 valence electrons. The fraction of sp³-hybridized carbons (Fsp3) is 0.688. The Kier molecular flexibility index (Phi) is 5.50. The lowest BCUT2D eigenvalue weighted by Crippen LogP contribution is -2.50. The normalized spacial score (nSPS) is 22.9. The molecular weight excluding hydrogens is 312 g/mol. The highest BCUT2D eigenvalue weighted by atomic mass is 32.2. The third-order valence-corrected chi connectivity index (χ3v) is 6.27. The van der Waals surface area contributed by atoms with Crippen molar-refractivity contribution in [3.8, 4) is 6.07 Å². The van der Waals surface area contributed by atoms with Crippen molar-refractivity contribution in [1.82, 2.24) is 14.2 Å². The van der Waals surface area contributed by atoms with E-state index < -0.39 is 10.0 Å². The summed E-state index contributed by atoms with van der Waals surface area (Å²) in [5, 5.41) is 12.7. The Balaban J connectivity index is 2.02. The van der Waals surface area contributed by atoms with Crippen molar-refractivity contribution < 1.29 is 8.42 Å². The Bertz CT molecular complexity index is 702. The minimum Gasteiger partial charge on any atom is -0.340 e. The van der Waals surface area contributed by atoms with Crippen molar-refractivity contribution >= 4 is 10.0 Å². The first-order valence-corrected chi connectivity index (χ1v) is 9.86. The number of rotatable bonds is 5. The van der Waals surface area contributed by atoms with Gasteiger partial charge in [0, 0.05) is 38.4 Å². The van der Waals surface area contributed by atoms with Crippen molar-refractivity contribution in [3.05, 3.63) is 23.0 Å². The average Bonchev–Trinajstić information content (AvgIpc) is 2.79. The van der Waals surface area contributed by atoms with E-state index in [9.17, 15) is 8.42 Å². The second-order valence-corrected chi connectivity index (χ2v) is 8.36. The molecule has 1 aliphatic rings. The zero-order valence-corrected chi connectivity index (χ0v) is 15.2. The van der Waals surface area contributed by atoms with Crippen LogP contribution in [0.5, 0.6) is 0 Å². The van der Waals surface area contributed by atoms with Gasteiger partial charge in [0.2, 0.25) is 10.0 Å². The van der Waals surface area contributed by atoms with Crippen LogP contribution in [-0.4, -0.2) is 42.7 Å². The summed E-state index contributed by atoms with van der Waals surface area (Å²) in [6, 6.07) is 4.43. The Morgan fingerprint density at radius 2 is 2.17 bits per heavy atom. The highest BCUT2D eigenvalue weighted by Crippen LogP contribution is 2.23. The van der Waals surface area contributed by atoms with Gasteiger partial charge in [-0.3, -0.25) is 0 Å². The van der Waals surface area contributed by atoms with Gasteiger partial charge in [0.25, 0.3) is 0 Å². The first kappa shape index (κ1) is 18.0. The van der Waals surface area contributed by atoms with Gasteiger partial charge in [-0.1, -0.05) is 13.3 Å². The van der Waals surface area contributed by atoms with Crippen molar-refractivity contribution in [1.29, 1.82) is 5.26 Å². The Hall–Kier alpha value is -1.36. The zero-order chi connectivity index (χ0) is 17.2. The van der Waals surface area contributed by atoms with Crippen LogP contribution in [0.4, 0.5) is 0 Å². The molecule has 1 aromatic rings. The van der Waals surface area contributed by atoms with Crippen LogP contribution in [0, 0.1) is 24.2 Å². The Morgan fingerprint density at radius 3 is 2.70 bits per heavy atom. The molecule has 0 unspecified atom stereocenters. The summed E-state index contributed by atoms with van der Waals surface area (Å²) in [6.45, 7) is 5.99. The molecule has 6 nitrogen and oxygen atoms in total. The maximum Gasteiger partial charge on any atom is 0.211 e. The topological polar surface area (TPSA) is 78.1 Å². The van der Waals surface area contributed by atoms with Crippen LogP contribution in [0.15, 0.2) is 6.07 Å². The molecule has 1 N–H and O–H groups in total. The minimum atomic E-state index is -3.11. The Labute approximate surface area is 139 Å². The SMILES string of the molecule is CC[C@@H]1CN(S(C)(=O)=O)CC[C@@H]1NCc1cc(C#N)n(C)c1C. The number of hydrogen-bond acceptors (Lipinski definition) is 4. The van der Waals surface area contributed by atoms with Gasteiger partial charge in [-0.25, -0.2) is 12.7 Å². The number of aromatic nitrogens is 1. The predicted molar refractivity (Wildman–Crippen MR) is 90.3 cm³/mol. The lowest BCUT2D eigenvalue weighted by Gasteiger charge is -2.37. The molecule has 0 bridgehead atoms. The summed E-state index contributed by atoms with van der Waals surface area (Å²) in [4.78, 5) is 0. The molecule has 2 heterocycles. The smallest absolute Gasteiger partial charge is 0.211 e. The van der Waals surface area contributed by atoms with Gasteiger partial charge < -0.3 is 9.88 Å². The second kappa shape index (κ2) is 7.04. The molecule has 7 heteroatoms. The summed E-state index contributed by atoms with van der Waals surface area (Å²) in [6.07, 6.45) is 3.05. The van der Waals surface area contributed by atoms with E-state index in [4.69, 9.17) is 5.26 Å². The molecule has 0 aliphatic carbocycles. The van der Waals surface area contributed by atoms with Crippen molar-refractivity contribution in [2.45, 2.75) is 39.3 Å². The van der Waals surface area contributed by atoms with E-state index >= 15 is 0 Å². The van der Waals surface area contributed by atoms with Gasteiger partial charge in [0.15, 0.2) is 0 Å². The highest BCUT2D eigenvalue weighted by Gasteiger charge is 2.31. The quantitative estimate of drug-likeness (QED) is 0.879. The van der Waals surface area contributed by atoms with Crippen LogP contribution in [0.1, 0.15) is 36.7 Å². The van der Waals surface area contributed by atoms with Crippen LogP contribution < -0.4 is 5.32 Å². The maximum absolute atomic E-state index is 11.7. The summed E-state index contributed by atoms with van der Waals surface area (Å²) in [5.41, 5.74) is 2.89. The van der Waals surface area contributed by atoms with E-state index in [2.05, 4.69) is 18.3 Å².